The number of nitrogens with one attached hydrogen (secondary N) is 1. The second kappa shape index (κ2) is 5.77. The molecule has 1 heterocycles. The standard InChI is InChI=1S/C17H16FNO3/c18-13-5-3-4-12(10-13)16(20)19-11-17(21)8-9-22-15-7-2-1-6-14(15)17/h1-7,10,21H,8-9,11H2,(H,19,20). The molecule has 1 unspecified atom stereocenters. The monoisotopic (exact) mass is 301 g/mol. The maximum atomic E-state index is 13.1. The highest BCUT2D eigenvalue weighted by molar-refractivity contribution is 5.94. The van der Waals surface area contributed by atoms with Gasteiger partial charge in [-0.3, -0.25) is 4.79 Å². The van der Waals surface area contributed by atoms with E-state index in [1.54, 1.807) is 12.1 Å². The minimum Gasteiger partial charge on any atom is -0.493 e. The molecule has 2 aromatic carbocycles. The molecule has 0 aliphatic carbocycles. The Morgan fingerprint density at radius 1 is 1.27 bits per heavy atom. The van der Waals surface area contributed by atoms with Crippen LogP contribution in [-0.4, -0.2) is 24.2 Å². The Labute approximate surface area is 127 Å². The molecule has 0 bridgehead atoms. The van der Waals surface area contributed by atoms with E-state index in [4.69, 9.17) is 4.74 Å². The predicted molar refractivity (Wildman–Crippen MR) is 79.2 cm³/mol. The summed E-state index contributed by atoms with van der Waals surface area (Å²) in [5, 5.41) is 13.5. The van der Waals surface area contributed by atoms with Gasteiger partial charge in [0.2, 0.25) is 0 Å². The minimum absolute atomic E-state index is 0.0444. The number of para-hydroxylation sites is 1. The number of rotatable bonds is 3. The van der Waals surface area contributed by atoms with E-state index in [0.717, 1.165) is 6.07 Å². The van der Waals surface area contributed by atoms with Crippen molar-refractivity contribution >= 4 is 5.91 Å². The van der Waals surface area contributed by atoms with E-state index in [0.29, 0.717) is 24.3 Å². The Morgan fingerprint density at radius 2 is 2.09 bits per heavy atom. The summed E-state index contributed by atoms with van der Waals surface area (Å²) in [6.07, 6.45) is 0.382. The number of amides is 1. The van der Waals surface area contributed by atoms with Crippen molar-refractivity contribution in [3.63, 3.8) is 0 Å². The number of halogens is 1. The molecule has 114 valence electrons. The van der Waals surface area contributed by atoms with Crippen LogP contribution in [0, 0.1) is 5.82 Å². The molecular formula is C17H16FNO3. The summed E-state index contributed by atoms with van der Waals surface area (Å²) in [7, 11) is 0. The Kier molecular flexibility index (Phi) is 3.81. The molecule has 1 aliphatic heterocycles. The van der Waals surface area contributed by atoms with Crippen molar-refractivity contribution in [1.82, 2.24) is 5.32 Å². The van der Waals surface area contributed by atoms with Crippen molar-refractivity contribution in [2.45, 2.75) is 12.0 Å². The Bertz CT molecular complexity index is 704. The largest absolute Gasteiger partial charge is 0.493 e. The number of fused-ring (bicyclic) bond motifs is 1. The molecule has 0 aromatic heterocycles. The molecule has 1 aliphatic rings. The van der Waals surface area contributed by atoms with Gasteiger partial charge in [-0.1, -0.05) is 24.3 Å². The van der Waals surface area contributed by atoms with Gasteiger partial charge in [-0.25, -0.2) is 4.39 Å². The van der Waals surface area contributed by atoms with Crippen LogP contribution in [-0.2, 0) is 5.60 Å². The number of benzene rings is 2. The molecule has 2 N–H and O–H groups in total. The summed E-state index contributed by atoms with van der Waals surface area (Å²) < 4.78 is 18.7. The number of hydrogen-bond acceptors (Lipinski definition) is 3. The van der Waals surface area contributed by atoms with Gasteiger partial charge in [0, 0.05) is 17.5 Å². The molecule has 0 fully saturated rings. The molecule has 3 rings (SSSR count). The summed E-state index contributed by atoms with van der Waals surface area (Å²) in [5.74, 6) is -0.268. The van der Waals surface area contributed by atoms with E-state index < -0.39 is 17.3 Å². The Balaban J connectivity index is 1.75. The van der Waals surface area contributed by atoms with Crippen LogP contribution in [0.1, 0.15) is 22.3 Å². The molecule has 0 radical (unpaired) electrons. The highest BCUT2D eigenvalue weighted by atomic mass is 19.1. The molecule has 4 nitrogen and oxygen atoms in total. The number of ether oxygens (including phenoxy) is 1. The van der Waals surface area contributed by atoms with Crippen LogP contribution in [0.4, 0.5) is 4.39 Å². The molecule has 0 saturated carbocycles. The third-order valence-electron chi connectivity index (χ3n) is 3.79. The first-order valence-electron chi connectivity index (χ1n) is 7.07. The highest BCUT2D eigenvalue weighted by Gasteiger charge is 2.35. The fourth-order valence-electron chi connectivity index (χ4n) is 2.58. The van der Waals surface area contributed by atoms with Crippen LogP contribution < -0.4 is 10.1 Å². The smallest absolute Gasteiger partial charge is 0.251 e. The lowest BCUT2D eigenvalue weighted by Crippen LogP contribution is -2.43. The normalized spacial score (nSPS) is 19.9. The number of carbonyl (C=O) groups excluding carboxylic acids is 1. The van der Waals surface area contributed by atoms with Gasteiger partial charge >= 0.3 is 0 Å². The zero-order valence-electron chi connectivity index (χ0n) is 11.9. The van der Waals surface area contributed by atoms with E-state index in [2.05, 4.69) is 5.32 Å². The molecule has 2 aromatic rings. The van der Waals surface area contributed by atoms with Crippen molar-refractivity contribution in [2.24, 2.45) is 0 Å². The topological polar surface area (TPSA) is 58.6 Å². The van der Waals surface area contributed by atoms with Crippen LogP contribution in [0.5, 0.6) is 5.75 Å². The average molecular weight is 301 g/mol. The van der Waals surface area contributed by atoms with Crippen LogP contribution in [0.2, 0.25) is 0 Å². The van der Waals surface area contributed by atoms with Gasteiger partial charge in [0.05, 0.1) is 13.2 Å². The third kappa shape index (κ3) is 2.80. The van der Waals surface area contributed by atoms with Crippen molar-refractivity contribution in [2.75, 3.05) is 13.2 Å². The lowest BCUT2D eigenvalue weighted by molar-refractivity contribution is -0.00160. The summed E-state index contributed by atoms with van der Waals surface area (Å²) in [6, 6.07) is 12.7. The summed E-state index contributed by atoms with van der Waals surface area (Å²) in [5.41, 5.74) is -0.303. The highest BCUT2D eigenvalue weighted by Crippen LogP contribution is 2.36. The lowest BCUT2D eigenvalue weighted by atomic mass is 9.88. The predicted octanol–water partition coefficient (Wildman–Crippen LogP) is 2.23. The summed E-state index contributed by atoms with van der Waals surface area (Å²) >= 11 is 0. The quantitative estimate of drug-likeness (QED) is 0.914. The van der Waals surface area contributed by atoms with Gasteiger partial charge in [0.25, 0.3) is 5.91 Å². The van der Waals surface area contributed by atoms with Crippen molar-refractivity contribution in [3.8, 4) is 5.75 Å². The number of hydrogen-bond donors (Lipinski definition) is 2. The third-order valence-corrected chi connectivity index (χ3v) is 3.79. The molecule has 5 heteroatoms. The molecule has 0 spiro atoms. The van der Waals surface area contributed by atoms with Crippen LogP contribution in [0.3, 0.4) is 0 Å². The van der Waals surface area contributed by atoms with E-state index in [9.17, 15) is 14.3 Å². The molecular weight excluding hydrogens is 285 g/mol. The van der Waals surface area contributed by atoms with Gasteiger partial charge in [-0.2, -0.15) is 0 Å². The van der Waals surface area contributed by atoms with Crippen molar-refractivity contribution in [3.05, 3.63) is 65.5 Å². The SMILES string of the molecule is O=C(NCC1(O)CCOc2ccccc21)c1cccc(F)c1. The lowest BCUT2D eigenvalue weighted by Gasteiger charge is -2.34. The fraction of sp³-hybridized carbons (Fsp3) is 0.235. The van der Waals surface area contributed by atoms with Crippen LogP contribution >= 0.6 is 0 Å². The van der Waals surface area contributed by atoms with Gasteiger partial charge in [-0.15, -0.1) is 0 Å². The first-order chi connectivity index (χ1) is 10.6. The maximum absolute atomic E-state index is 13.1. The molecule has 1 amide bonds. The van der Waals surface area contributed by atoms with Gasteiger partial charge in [0.15, 0.2) is 0 Å². The summed E-state index contributed by atoms with van der Waals surface area (Å²) in [6.45, 7) is 0.423. The van der Waals surface area contributed by atoms with E-state index in [-0.39, 0.29) is 12.1 Å². The minimum atomic E-state index is -1.18. The second-order valence-electron chi connectivity index (χ2n) is 5.32. The van der Waals surface area contributed by atoms with Gasteiger partial charge < -0.3 is 15.2 Å². The second-order valence-corrected chi connectivity index (χ2v) is 5.32. The fourth-order valence-corrected chi connectivity index (χ4v) is 2.58. The van der Waals surface area contributed by atoms with E-state index in [1.807, 2.05) is 12.1 Å². The molecule has 22 heavy (non-hydrogen) atoms. The zero-order valence-corrected chi connectivity index (χ0v) is 11.9. The Morgan fingerprint density at radius 3 is 2.91 bits per heavy atom. The van der Waals surface area contributed by atoms with Crippen LogP contribution in [0.25, 0.3) is 0 Å². The first-order valence-corrected chi connectivity index (χ1v) is 7.07. The maximum Gasteiger partial charge on any atom is 0.251 e. The summed E-state index contributed by atoms with van der Waals surface area (Å²) in [4.78, 5) is 12.1. The molecule has 1 atom stereocenters. The van der Waals surface area contributed by atoms with Crippen molar-refractivity contribution < 1.29 is 19.0 Å². The zero-order chi connectivity index (χ0) is 15.6. The molecule has 0 saturated heterocycles. The van der Waals surface area contributed by atoms with Gasteiger partial charge in [0.1, 0.15) is 17.2 Å². The Hall–Kier alpha value is -2.40. The van der Waals surface area contributed by atoms with E-state index in [1.165, 1.54) is 18.2 Å². The average Bonchev–Trinajstić information content (AvgIpc) is 2.53. The van der Waals surface area contributed by atoms with Crippen molar-refractivity contribution in [1.29, 1.82) is 0 Å². The van der Waals surface area contributed by atoms with Crippen LogP contribution in [0.15, 0.2) is 48.5 Å². The number of aliphatic hydroxyl groups is 1. The van der Waals surface area contributed by atoms with E-state index >= 15 is 0 Å². The van der Waals surface area contributed by atoms with Gasteiger partial charge in [-0.05, 0) is 24.3 Å². The number of carbonyl (C=O) groups is 1. The first kappa shape index (κ1) is 14.5.